The molecule has 156 valence electrons. The van der Waals surface area contributed by atoms with E-state index in [1.807, 2.05) is 0 Å². The number of hydrogen-bond donors (Lipinski definition) is 3. The summed E-state index contributed by atoms with van der Waals surface area (Å²) in [6.45, 7) is 0.821. The molecule has 0 radical (unpaired) electrons. The monoisotopic (exact) mass is 422 g/mol. The number of rotatable bonds is 1. The number of carbonyl (C=O) groups excluding carboxylic acids is 4. The van der Waals surface area contributed by atoms with Crippen LogP contribution in [0.2, 0.25) is 5.02 Å². The molecule has 4 amide bonds. The fourth-order valence-electron chi connectivity index (χ4n) is 3.24. The Morgan fingerprint density at radius 1 is 1.14 bits per heavy atom. The summed E-state index contributed by atoms with van der Waals surface area (Å²) in [5.74, 6) is -0.727. The van der Waals surface area contributed by atoms with Crippen molar-refractivity contribution in [3.05, 3.63) is 28.8 Å². The molecular formula is C19H23ClN4O5. The highest BCUT2D eigenvalue weighted by Gasteiger charge is 2.31. The van der Waals surface area contributed by atoms with E-state index in [0.717, 1.165) is 0 Å². The number of carbonyl (C=O) groups is 4. The Balaban J connectivity index is 1.69. The smallest absolute Gasteiger partial charge is 0.255 e. The second kappa shape index (κ2) is 9.60. The predicted octanol–water partition coefficient (Wildman–Crippen LogP) is 0.0757. The SMILES string of the molecule is O=C1CN(C(=O)C2CCC(=O)N2)CCCNC(=O)c2cc(Cl)ccc2OCCN1. The molecule has 0 spiro atoms. The number of halogens is 1. The summed E-state index contributed by atoms with van der Waals surface area (Å²) in [5.41, 5.74) is 0.308. The molecule has 2 aliphatic heterocycles. The van der Waals surface area contributed by atoms with Gasteiger partial charge in [-0.05, 0) is 31.0 Å². The Labute approximate surface area is 173 Å². The normalized spacial score (nSPS) is 21.2. The van der Waals surface area contributed by atoms with Gasteiger partial charge in [0.15, 0.2) is 0 Å². The van der Waals surface area contributed by atoms with Gasteiger partial charge in [-0.15, -0.1) is 0 Å². The van der Waals surface area contributed by atoms with Gasteiger partial charge in [0.2, 0.25) is 17.7 Å². The third-order valence-electron chi connectivity index (χ3n) is 4.70. The van der Waals surface area contributed by atoms with Crippen LogP contribution in [-0.4, -0.2) is 67.4 Å². The van der Waals surface area contributed by atoms with Crippen molar-refractivity contribution in [2.45, 2.75) is 25.3 Å². The molecule has 9 nitrogen and oxygen atoms in total. The molecule has 2 heterocycles. The first-order valence-electron chi connectivity index (χ1n) is 9.49. The average Bonchev–Trinajstić information content (AvgIpc) is 3.13. The highest BCUT2D eigenvalue weighted by atomic mass is 35.5. The van der Waals surface area contributed by atoms with Gasteiger partial charge in [0.25, 0.3) is 5.91 Å². The second-order valence-electron chi connectivity index (χ2n) is 6.87. The van der Waals surface area contributed by atoms with Crippen molar-refractivity contribution in [2.75, 3.05) is 32.8 Å². The van der Waals surface area contributed by atoms with E-state index in [1.165, 1.54) is 11.0 Å². The summed E-state index contributed by atoms with van der Waals surface area (Å²) in [6.07, 6.45) is 1.16. The molecule has 29 heavy (non-hydrogen) atoms. The van der Waals surface area contributed by atoms with Gasteiger partial charge in [0.05, 0.1) is 18.7 Å². The van der Waals surface area contributed by atoms with Crippen molar-refractivity contribution in [2.24, 2.45) is 0 Å². The van der Waals surface area contributed by atoms with Crippen molar-refractivity contribution in [1.29, 1.82) is 0 Å². The number of nitrogens with one attached hydrogen (secondary N) is 3. The molecule has 1 unspecified atom stereocenters. The van der Waals surface area contributed by atoms with Crippen LogP contribution in [0.25, 0.3) is 0 Å². The zero-order valence-electron chi connectivity index (χ0n) is 15.8. The predicted molar refractivity (Wildman–Crippen MR) is 105 cm³/mol. The Kier molecular flexibility index (Phi) is 6.92. The van der Waals surface area contributed by atoms with E-state index in [9.17, 15) is 19.2 Å². The van der Waals surface area contributed by atoms with Gasteiger partial charge >= 0.3 is 0 Å². The van der Waals surface area contributed by atoms with E-state index in [4.69, 9.17) is 16.3 Å². The van der Waals surface area contributed by atoms with Crippen LogP contribution in [0, 0.1) is 0 Å². The Morgan fingerprint density at radius 3 is 2.72 bits per heavy atom. The molecule has 3 N–H and O–H groups in total. The van der Waals surface area contributed by atoms with Gasteiger partial charge in [0.1, 0.15) is 18.4 Å². The van der Waals surface area contributed by atoms with Crippen LogP contribution < -0.4 is 20.7 Å². The minimum atomic E-state index is -0.610. The third kappa shape index (κ3) is 5.60. The molecular weight excluding hydrogens is 400 g/mol. The fraction of sp³-hybridized carbons (Fsp3) is 0.474. The molecule has 1 atom stereocenters. The number of benzene rings is 1. The van der Waals surface area contributed by atoms with Crippen molar-refractivity contribution in [3.63, 3.8) is 0 Å². The van der Waals surface area contributed by atoms with E-state index in [-0.39, 0.29) is 49.9 Å². The second-order valence-corrected chi connectivity index (χ2v) is 7.30. The first-order chi connectivity index (χ1) is 13.9. The first-order valence-corrected chi connectivity index (χ1v) is 9.87. The molecule has 0 aromatic heterocycles. The number of nitrogens with zero attached hydrogens (tertiary/aromatic N) is 1. The van der Waals surface area contributed by atoms with Gasteiger partial charge in [0, 0.05) is 24.5 Å². The number of hydrogen-bond acceptors (Lipinski definition) is 5. The van der Waals surface area contributed by atoms with Gasteiger partial charge < -0.3 is 25.6 Å². The maximum Gasteiger partial charge on any atom is 0.255 e. The van der Waals surface area contributed by atoms with Crippen LogP contribution in [0.15, 0.2) is 18.2 Å². The molecule has 2 aliphatic rings. The molecule has 3 rings (SSSR count). The highest BCUT2D eigenvalue weighted by Crippen LogP contribution is 2.23. The zero-order chi connectivity index (χ0) is 20.8. The van der Waals surface area contributed by atoms with Crippen molar-refractivity contribution < 1.29 is 23.9 Å². The molecule has 1 aromatic carbocycles. The van der Waals surface area contributed by atoms with E-state index in [2.05, 4.69) is 16.0 Å². The van der Waals surface area contributed by atoms with Crippen molar-refractivity contribution in [1.82, 2.24) is 20.9 Å². The highest BCUT2D eigenvalue weighted by molar-refractivity contribution is 6.31. The van der Waals surface area contributed by atoms with Crippen molar-refractivity contribution in [3.8, 4) is 5.75 Å². The number of fused-ring (bicyclic) bond motifs is 1. The standard InChI is InChI=1S/C19H23ClN4O5/c20-12-2-4-15-13(10-12)18(27)22-6-1-8-24(11-17(26)21-7-9-29-15)19(28)14-3-5-16(25)23-14/h2,4,10,14H,1,3,5-9,11H2,(H,21,26)(H,22,27)(H,23,25). The molecule has 1 fully saturated rings. The van der Waals surface area contributed by atoms with Crippen molar-refractivity contribution >= 4 is 35.2 Å². The quantitative estimate of drug-likeness (QED) is 0.592. The summed E-state index contributed by atoms with van der Waals surface area (Å²) >= 11 is 5.99. The van der Waals surface area contributed by atoms with Gasteiger partial charge in [-0.25, -0.2) is 0 Å². The first kappa shape index (κ1) is 20.9. The maximum atomic E-state index is 12.7. The summed E-state index contributed by atoms with van der Waals surface area (Å²) in [5, 5.41) is 8.52. The fourth-order valence-corrected chi connectivity index (χ4v) is 3.41. The number of amides is 4. The minimum absolute atomic E-state index is 0.120. The Hall–Kier alpha value is -2.81. The number of ether oxygens (including phenoxy) is 1. The third-order valence-corrected chi connectivity index (χ3v) is 4.93. The Morgan fingerprint density at radius 2 is 1.97 bits per heavy atom. The van der Waals surface area contributed by atoms with Gasteiger partial charge in [-0.1, -0.05) is 11.6 Å². The lowest BCUT2D eigenvalue weighted by atomic mass is 10.1. The molecule has 0 saturated carbocycles. The van der Waals surface area contributed by atoms with E-state index < -0.39 is 6.04 Å². The molecule has 0 bridgehead atoms. The van der Waals surface area contributed by atoms with Crippen LogP contribution in [0.5, 0.6) is 5.75 Å². The molecule has 10 heteroatoms. The largest absolute Gasteiger partial charge is 0.491 e. The van der Waals surface area contributed by atoms with Gasteiger partial charge in [-0.2, -0.15) is 0 Å². The van der Waals surface area contributed by atoms with Crippen LogP contribution in [-0.2, 0) is 14.4 Å². The topological polar surface area (TPSA) is 117 Å². The summed E-state index contributed by atoms with van der Waals surface area (Å²) in [6, 6.07) is 4.15. The Bertz CT molecular complexity index is 816. The van der Waals surface area contributed by atoms with Crippen LogP contribution in [0.4, 0.5) is 0 Å². The van der Waals surface area contributed by atoms with E-state index in [0.29, 0.717) is 42.1 Å². The molecule has 1 aromatic rings. The molecule has 1 saturated heterocycles. The maximum absolute atomic E-state index is 12.7. The summed E-state index contributed by atoms with van der Waals surface area (Å²) in [4.78, 5) is 50.3. The minimum Gasteiger partial charge on any atom is -0.491 e. The summed E-state index contributed by atoms with van der Waals surface area (Å²) < 4.78 is 5.61. The summed E-state index contributed by atoms with van der Waals surface area (Å²) in [7, 11) is 0. The van der Waals surface area contributed by atoms with Crippen LogP contribution in [0.3, 0.4) is 0 Å². The average molecular weight is 423 g/mol. The lowest BCUT2D eigenvalue weighted by Gasteiger charge is -2.25. The van der Waals surface area contributed by atoms with Crippen LogP contribution >= 0.6 is 11.6 Å². The van der Waals surface area contributed by atoms with Crippen LogP contribution in [0.1, 0.15) is 29.6 Å². The van der Waals surface area contributed by atoms with E-state index >= 15 is 0 Å². The lowest BCUT2D eigenvalue weighted by molar-refractivity contribution is -0.138. The lowest BCUT2D eigenvalue weighted by Crippen LogP contribution is -2.49. The van der Waals surface area contributed by atoms with E-state index in [1.54, 1.807) is 12.1 Å². The molecule has 0 aliphatic carbocycles. The van der Waals surface area contributed by atoms with Gasteiger partial charge in [-0.3, -0.25) is 19.2 Å². The zero-order valence-corrected chi connectivity index (χ0v) is 16.6.